The average molecular weight is 281 g/mol. The molecule has 0 saturated carbocycles. The zero-order valence-electron chi connectivity index (χ0n) is 10.7. The largest absolute Gasteiger partial charge is 0.461 e. The molecule has 0 radical (unpaired) electrons. The predicted octanol–water partition coefficient (Wildman–Crippen LogP) is -0.741. The molecule has 0 bridgehead atoms. The molecule has 0 unspecified atom stereocenters. The second kappa shape index (κ2) is 6.78. The molecule has 20 heavy (non-hydrogen) atoms. The second-order valence-corrected chi connectivity index (χ2v) is 3.41. The minimum atomic E-state index is -0.593. The maximum Gasteiger partial charge on any atom is 0.358 e. The van der Waals surface area contributed by atoms with Gasteiger partial charge in [-0.1, -0.05) is 0 Å². The van der Waals surface area contributed by atoms with E-state index >= 15 is 0 Å². The molecule has 10 nitrogen and oxygen atoms in total. The van der Waals surface area contributed by atoms with E-state index in [0.717, 1.165) is 0 Å². The van der Waals surface area contributed by atoms with Crippen molar-refractivity contribution in [3.8, 4) is 0 Å². The first-order valence-electron chi connectivity index (χ1n) is 5.52. The zero-order valence-corrected chi connectivity index (χ0v) is 10.7. The van der Waals surface area contributed by atoms with Crippen LogP contribution in [0.15, 0.2) is 12.7 Å². The quantitative estimate of drug-likeness (QED) is 0.459. The van der Waals surface area contributed by atoms with E-state index in [1.807, 2.05) is 0 Å². The van der Waals surface area contributed by atoms with Gasteiger partial charge in [0.2, 0.25) is 0 Å². The van der Waals surface area contributed by atoms with E-state index in [4.69, 9.17) is 17.2 Å². The lowest BCUT2D eigenvalue weighted by atomic mass is 10.4. The summed E-state index contributed by atoms with van der Waals surface area (Å²) in [4.78, 5) is 33.6. The first-order chi connectivity index (χ1) is 9.47. The SMILES string of the molecule is CCOC(=O)c1[nH]cnc1N.NC(=O)c1[nH]cnc1N. The van der Waals surface area contributed by atoms with Crippen LogP contribution in [0.3, 0.4) is 0 Å². The fourth-order valence-corrected chi connectivity index (χ4v) is 1.17. The molecule has 0 fully saturated rings. The fraction of sp³-hybridized carbons (Fsp3) is 0.200. The van der Waals surface area contributed by atoms with Crippen LogP contribution in [0.4, 0.5) is 11.6 Å². The summed E-state index contributed by atoms with van der Waals surface area (Å²) in [6.45, 7) is 2.06. The van der Waals surface area contributed by atoms with Gasteiger partial charge in [-0.25, -0.2) is 14.8 Å². The number of aromatic nitrogens is 4. The molecule has 0 aromatic carbocycles. The molecule has 2 heterocycles. The van der Waals surface area contributed by atoms with E-state index in [-0.39, 0.29) is 23.0 Å². The molecular formula is C10H15N7O3. The number of nitrogen functional groups attached to an aromatic ring is 2. The van der Waals surface area contributed by atoms with Crippen LogP contribution in [0.5, 0.6) is 0 Å². The summed E-state index contributed by atoms with van der Waals surface area (Å²) in [5.74, 6) is -0.751. The van der Waals surface area contributed by atoms with Crippen molar-refractivity contribution in [1.82, 2.24) is 19.9 Å². The molecule has 0 aliphatic rings. The molecule has 10 heteroatoms. The van der Waals surface area contributed by atoms with E-state index < -0.39 is 11.9 Å². The molecule has 1 amide bonds. The number of nitrogens with zero attached hydrogens (tertiary/aromatic N) is 2. The van der Waals surface area contributed by atoms with Crippen molar-refractivity contribution in [2.24, 2.45) is 5.73 Å². The van der Waals surface area contributed by atoms with Gasteiger partial charge in [0.1, 0.15) is 5.69 Å². The van der Waals surface area contributed by atoms with Crippen molar-refractivity contribution >= 4 is 23.5 Å². The van der Waals surface area contributed by atoms with Crippen LogP contribution in [0.25, 0.3) is 0 Å². The van der Waals surface area contributed by atoms with Crippen LogP contribution in [0.2, 0.25) is 0 Å². The van der Waals surface area contributed by atoms with E-state index in [1.54, 1.807) is 6.92 Å². The van der Waals surface area contributed by atoms with Gasteiger partial charge in [0.25, 0.3) is 5.91 Å². The number of aromatic amines is 2. The normalized spacial score (nSPS) is 9.45. The number of primary amides is 1. The number of hydrogen-bond acceptors (Lipinski definition) is 7. The highest BCUT2D eigenvalue weighted by molar-refractivity contribution is 5.95. The van der Waals surface area contributed by atoms with Crippen molar-refractivity contribution in [3.63, 3.8) is 0 Å². The Hall–Kier alpha value is -3.04. The van der Waals surface area contributed by atoms with Crippen LogP contribution < -0.4 is 17.2 Å². The summed E-state index contributed by atoms with van der Waals surface area (Å²) >= 11 is 0. The molecule has 2 rings (SSSR count). The number of anilines is 2. The zero-order chi connectivity index (χ0) is 15.1. The number of nitrogens with two attached hydrogens (primary N) is 3. The highest BCUT2D eigenvalue weighted by atomic mass is 16.5. The van der Waals surface area contributed by atoms with Crippen molar-refractivity contribution in [3.05, 3.63) is 24.0 Å². The standard InChI is InChI=1S/C6H9N3O2.C4H6N4O/c1-2-11-6(10)4-5(7)9-3-8-4;5-3-2(4(6)9)7-1-8-3/h3H,2,7H2,1H3,(H,8,9);1H,5H2,(H2,6,9)(H,7,8). The van der Waals surface area contributed by atoms with Crippen molar-refractivity contribution in [2.45, 2.75) is 6.92 Å². The lowest BCUT2D eigenvalue weighted by Gasteiger charge is -1.97. The van der Waals surface area contributed by atoms with Gasteiger partial charge in [0.05, 0.1) is 19.3 Å². The molecule has 0 aliphatic heterocycles. The van der Waals surface area contributed by atoms with Crippen molar-refractivity contribution < 1.29 is 14.3 Å². The molecule has 0 saturated heterocycles. The summed E-state index contributed by atoms with van der Waals surface area (Å²) in [7, 11) is 0. The van der Waals surface area contributed by atoms with Crippen LogP contribution in [-0.2, 0) is 4.74 Å². The molecule has 2 aromatic rings. The molecule has 108 valence electrons. The Labute approximate surface area is 113 Å². The molecule has 0 spiro atoms. The summed E-state index contributed by atoms with van der Waals surface area (Å²) in [5, 5.41) is 0. The van der Waals surface area contributed by atoms with Gasteiger partial charge in [0.15, 0.2) is 17.3 Å². The Bertz CT molecular complexity index is 589. The van der Waals surface area contributed by atoms with Gasteiger partial charge < -0.3 is 31.9 Å². The molecule has 0 aliphatic carbocycles. The van der Waals surface area contributed by atoms with E-state index in [0.29, 0.717) is 6.61 Å². The lowest BCUT2D eigenvalue weighted by Crippen LogP contribution is -2.13. The maximum absolute atomic E-state index is 11.0. The maximum atomic E-state index is 11.0. The third-order valence-electron chi connectivity index (χ3n) is 2.06. The number of carbonyl (C=O) groups excluding carboxylic acids is 2. The Morgan fingerprint density at radius 1 is 1.15 bits per heavy atom. The predicted molar refractivity (Wildman–Crippen MR) is 70.5 cm³/mol. The Morgan fingerprint density at radius 2 is 1.65 bits per heavy atom. The van der Waals surface area contributed by atoms with Gasteiger partial charge >= 0.3 is 5.97 Å². The lowest BCUT2D eigenvalue weighted by molar-refractivity contribution is 0.0521. The molecule has 2 aromatic heterocycles. The summed E-state index contributed by atoms with van der Waals surface area (Å²) in [6, 6.07) is 0. The van der Waals surface area contributed by atoms with Gasteiger partial charge in [-0.2, -0.15) is 0 Å². The van der Waals surface area contributed by atoms with E-state index in [1.165, 1.54) is 12.7 Å². The number of esters is 1. The fourth-order valence-electron chi connectivity index (χ4n) is 1.17. The number of hydrogen-bond donors (Lipinski definition) is 5. The van der Waals surface area contributed by atoms with Gasteiger partial charge in [-0.3, -0.25) is 4.79 Å². The first kappa shape index (κ1) is 15.0. The Kier molecular flexibility index (Phi) is 5.09. The monoisotopic (exact) mass is 281 g/mol. The minimum Gasteiger partial charge on any atom is -0.461 e. The molecule has 8 N–H and O–H groups in total. The first-order valence-corrected chi connectivity index (χ1v) is 5.52. The summed E-state index contributed by atoms with van der Waals surface area (Å²) in [6.07, 6.45) is 2.66. The van der Waals surface area contributed by atoms with Crippen LogP contribution >= 0.6 is 0 Å². The second-order valence-electron chi connectivity index (χ2n) is 3.41. The smallest absolute Gasteiger partial charge is 0.358 e. The number of ether oxygens (including phenoxy) is 1. The van der Waals surface area contributed by atoms with Gasteiger partial charge in [-0.15, -0.1) is 0 Å². The molecular weight excluding hydrogens is 266 g/mol. The van der Waals surface area contributed by atoms with Gasteiger partial charge in [0, 0.05) is 0 Å². The Balaban J connectivity index is 0.000000204. The molecule has 0 atom stereocenters. The Morgan fingerprint density at radius 3 is 1.95 bits per heavy atom. The highest BCUT2D eigenvalue weighted by Crippen LogP contribution is 2.05. The number of nitrogens with one attached hydrogen (secondary N) is 2. The topological polar surface area (TPSA) is 179 Å². The number of carbonyl (C=O) groups is 2. The van der Waals surface area contributed by atoms with Gasteiger partial charge in [-0.05, 0) is 6.92 Å². The number of amides is 1. The summed E-state index contributed by atoms with van der Waals surface area (Å²) < 4.78 is 4.68. The number of imidazole rings is 2. The van der Waals surface area contributed by atoms with Crippen molar-refractivity contribution in [1.29, 1.82) is 0 Å². The highest BCUT2D eigenvalue weighted by Gasteiger charge is 2.11. The van der Waals surface area contributed by atoms with Crippen molar-refractivity contribution in [2.75, 3.05) is 18.1 Å². The van der Waals surface area contributed by atoms with E-state index in [2.05, 4.69) is 24.7 Å². The third kappa shape index (κ3) is 3.73. The third-order valence-corrected chi connectivity index (χ3v) is 2.06. The van der Waals surface area contributed by atoms with Crippen LogP contribution in [-0.4, -0.2) is 38.4 Å². The summed E-state index contributed by atoms with van der Waals surface area (Å²) in [5.41, 5.74) is 15.8. The number of H-pyrrole nitrogens is 2. The van der Waals surface area contributed by atoms with Crippen LogP contribution in [0.1, 0.15) is 27.9 Å². The van der Waals surface area contributed by atoms with Crippen LogP contribution in [0, 0.1) is 0 Å². The van der Waals surface area contributed by atoms with E-state index in [9.17, 15) is 9.59 Å². The average Bonchev–Trinajstić information content (AvgIpc) is 2.98. The number of rotatable bonds is 3. The minimum absolute atomic E-state index is 0.141.